The molecule has 0 amide bonds. The van der Waals surface area contributed by atoms with Crippen LogP contribution in [0.25, 0.3) is 0 Å². The molecule has 1 heterocycles. The third-order valence-electron chi connectivity index (χ3n) is 1.39. The number of pyridine rings is 1. The average molecular weight is 382 g/mol. The highest BCUT2D eigenvalue weighted by Gasteiger charge is 2.15. The lowest BCUT2D eigenvalue weighted by atomic mass is 10.3. The molecule has 0 unspecified atom stereocenters. The molecule has 0 saturated heterocycles. The van der Waals surface area contributed by atoms with E-state index in [1.165, 1.54) is 6.07 Å². The third kappa shape index (κ3) is 2.73. The molecule has 13 heavy (non-hydrogen) atoms. The highest BCUT2D eigenvalue weighted by atomic mass is 127. The van der Waals surface area contributed by atoms with Crippen LogP contribution < -0.4 is 0 Å². The fraction of sp³-hybridized carbons (Fsp3) is 0.286. The molecule has 0 atom stereocenters. The Balaban J connectivity index is 3.20. The van der Waals surface area contributed by atoms with Crippen LogP contribution in [0.3, 0.4) is 0 Å². The van der Waals surface area contributed by atoms with Crippen LogP contribution in [0.5, 0.6) is 0 Å². The summed E-state index contributed by atoms with van der Waals surface area (Å²) in [6.07, 6.45) is -2.50. The van der Waals surface area contributed by atoms with Crippen molar-refractivity contribution in [2.24, 2.45) is 0 Å². The van der Waals surface area contributed by atoms with Crippen molar-refractivity contribution >= 4 is 50.1 Å². The van der Waals surface area contributed by atoms with Crippen LogP contribution in [0.2, 0.25) is 0 Å². The second-order valence-corrected chi connectivity index (χ2v) is 4.37. The minimum atomic E-state index is -2.50. The average Bonchev–Trinajstić information content (AvgIpc) is 2.07. The topological polar surface area (TPSA) is 12.9 Å². The maximum Gasteiger partial charge on any atom is 0.266 e. The van der Waals surface area contributed by atoms with Crippen molar-refractivity contribution in [2.75, 3.05) is 0 Å². The van der Waals surface area contributed by atoms with Gasteiger partial charge in [0.1, 0.15) is 3.70 Å². The predicted octanol–water partition coefficient (Wildman–Crippen LogP) is 4.13. The molecule has 1 rings (SSSR count). The lowest BCUT2D eigenvalue weighted by molar-refractivity contribution is 0.149. The maximum absolute atomic E-state index is 12.3. The minimum absolute atomic E-state index is 0.0682. The molecule has 0 fully saturated rings. The first-order valence-electron chi connectivity index (χ1n) is 3.25. The molecule has 0 aliphatic carbocycles. The van der Waals surface area contributed by atoms with E-state index in [2.05, 4.69) is 20.9 Å². The van der Waals surface area contributed by atoms with Gasteiger partial charge in [0, 0.05) is 4.47 Å². The predicted molar refractivity (Wildman–Crippen MR) is 59.2 cm³/mol. The van der Waals surface area contributed by atoms with Crippen molar-refractivity contribution in [3.8, 4) is 0 Å². The summed E-state index contributed by atoms with van der Waals surface area (Å²) in [5, 5.41) is 0. The van der Waals surface area contributed by atoms with Gasteiger partial charge in [0.15, 0.2) is 0 Å². The van der Waals surface area contributed by atoms with Gasteiger partial charge < -0.3 is 0 Å². The Morgan fingerprint density at radius 3 is 2.69 bits per heavy atom. The number of rotatable bonds is 2. The Labute approximate surface area is 101 Å². The summed E-state index contributed by atoms with van der Waals surface area (Å²) < 4.78 is 25.5. The van der Waals surface area contributed by atoms with E-state index in [-0.39, 0.29) is 11.4 Å². The zero-order chi connectivity index (χ0) is 10.0. The summed E-state index contributed by atoms with van der Waals surface area (Å²) in [5.41, 5.74) is 0.511. The molecule has 1 aromatic heterocycles. The van der Waals surface area contributed by atoms with Gasteiger partial charge in [0.2, 0.25) is 0 Å². The minimum Gasteiger partial charge on any atom is -0.244 e. The summed E-state index contributed by atoms with van der Waals surface area (Å²) >= 11 is 10.4. The van der Waals surface area contributed by atoms with Crippen molar-refractivity contribution < 1.29 is 8.78 Å². The van der Waals surface area contributed by atoms with Gasteiger partial charge in [-0.25, -0.2) is 13.8 Å². The smallest absolute Gasteiger partial charge is 0.244 e. The first kappa shape index (κ1) is 11.6. The van der Waals surface area contributed by atoms with Crippen LogP contribution in [0.1, 0.15) is 17.7 Å². The molecule has 0 radical (unpaired) electrons. The molecule has 72 valence electrons. The van der Waals surface area contributed by atoms with Gasteiger partial charge in [-0.15, -0.1) is 11.6 Å². The number of halogens is 5. The SMILES string of the molecule is FC(F)c1cc(Br)c(CCl)nc1I. The summed E-state index contributed by atoms with van der Waals surface area (Å²) in [7, 11) is 0. The van der Waals surface area contributed by atoms with Crippen molar-refractivity contribution in [3.05, 3.63) is 25.5 Å². The Hall–Kier alpha value is 0.510. The first-order valence-corrected chi connectivity index (χ1v) is 5.65. The lowest BCUT2D eigenvalue weighted by Crippen LogP contribution is -1.97. The van der Waals surface area contributed by atoms with E-state index in [1.54, 1.807) is 22.6 Å². The van der Waals surface area contributed by atoms with Crippen molar-refractivity contribution in [1.82, 2.24) is 4.98 Å². The van der Waals surface area contributed by atoms with Gasteiger partial charge in [-0.3, -0.25) is 0 Å². The molecule has 0 N–H and O–H groups in total. The van der Waals surface area contributed by atoms with Crippen molar-refractivity contribution in [3.63, 3.8) is 0 Å². The van der Waals surface area contributed by atoms with Crippen LogP contribution in [0.15, 0.2) is 10.5 Å². The molecule has 1 nitrogen and oxygen atoms in total. The van der Waals surface area contributed by atoms with Crippen LogP contribution in [-0.4, -0.2) is 4.98 Å². The molecule has 0 aromatic carbocycles. The Morgan fingerprint density at radius 2 is 2.23 bits per heavy atom. The summed E-state index contributed by atoms with van der Waals surface area (Å²) in [6, 6.07) is 1.36. The highest BCUT2D eigenvalue weighted by Crippen LogP contribution is 2.28. The van der Waals surface area contributed by atoms with E-state index in [4.69, 9.17) is 11.6 Å². The number of hydrogen-bond acceptors (Lipinski definition) is 1. The van der Waals surface area contributed by atoms with Crippen LogP contribution in [0, 0.1) is 3.70 Å². The monoisotopic (exact) mass is 381 g/mol. The third-order valence-corrected chi connectivity index (χ3v) is 3.19. The molecular formula is C7H4BrClF2IN. The quantitative estimate of drug-likeness (QED) is 0.426. The molecule has 6 heteroatoms. The first-order chi connectivity index (χ1) is 6.06. The van der Waals surface area contributed by atoms with Crippen LogP contribution in [-0.2, 0) is 5.88 Å². The summed E-state index contributed by atoms with van der Waals surface area (Å²) in [4.78, 5) is 3.94. The van der Waals surface area contributed by atoms with E-state index in [0.717, 1.165) is 0 Å². The van der Waals surface area contributed by atoms with Gasteiger partial charge in [-0.2, -0.15) is 0 Å². The number of aromatic nitrogens is 1. The van der Waals surface area contributed by atoms with E-state index >= 15 is 0 Å². The van der Waals surface area contributed by atoms with E-state index in [1.807, 2.05) is 0 Å². The molecule has 0 spiro atoms. The largest absolute Gasteiger partial charge is 0.266 e. The van der Waals surface area contributed by atoms with Crippen molar-refractivity contribution in [2.45, 2.75) is 12.3 Å². The Kier molecular flexibility index (Phi) is 4.31. The Bertz CT molecular complexity index is 322. The fourth-order valence-electron chi connectivity index (χ4n) is 0.763. The molecule has 0 bridgehead atoms. The fourth-order valence-corrected chi connectivity index (χ4v) is 2.29. The van der Waals surface area contributed by atoms with Crippen molar-refractivity contribution in [1.29, 1.82) is 0 Å². The molecular weight excluding hydrogens is 378 g/mol. The number of nitrogens with zero attached hydrogens (tertiary/aromatic N) is 1. The normalized spacial score (nSPS) is 10.9. The van der Waals surface area contributed by atoms with Crippen LogP contribution >= 0.6 is 50.1 Å². The van der Waals surface area contributed by atoms with Gasteiger partial charge in [-0.05, 0) is 44.6 Å². The highest BCUT2D eigenvalue weighted by molar-refractivity contribution is 14.1. The van der Waals surface area contributed by atoms with E-state index < -0.39 is 6.43 Å². The molecule has 0 saturated carbocycles. The van der Waals surface area contributed by atoms with Gasteiger partial charge >= 0.3 is 0 Å². The second-order valence-electron chi connectivity index (χ2n) is 2.23. The summed E-state index contributed by atoms with van der Waals surface area (Å²) in [5.74, 6) is 0.208. The van der Waals surface area contributed by atoms with Gasteiger partial charge in [0.05, 0.1) is 17.1 Å². The Morgan fingerprint density at radius 1 is 1.62 bits per heavy atom. The zero-order valence-corrected chi connectivity index (χ0v) is 10.7. The zero-order valence-electron chi connectivity index (χ0n) is 6.20. The molecule has 0 aliphatic heterocycles. The maximum atomic E-state index is 12.3. The van der Waals surface area contributed by atoms with Gasteiger partial charge in [-0.1, -0.05) is 0 Å². The second kappa shape index (κ2) is 4.84. The molecule has 0 aliphatic rings. The number of alkyl halides is 3. The van der Waals surface area contributed by atoms with Gasteiger partial charge in [0.25, 0.3) is 6.43 Å². The molecule has 1 aromatic rings. The van der Waals surface area contributed by atoms with E-state index in [0.29, 0.717) is 13.9 Å². The lowest BCUT2D eigenvalue weighted by Gasteiger charge is -2.06. The number of hydrogen-bond donors (Lipinski definition) is 0. The van der Waals surface area contributed by atoms with E-state index in [9.17, 15) is 8.78 Å². The van der Waals surface area contributed by atoms with Crippen LogP contribution in [0.4, 0.5) is 8.78 Å². The summed E-state index contributed by atoms with van der Waals surface area (Å²) in [6.45, 7) is 0. The standard InChI is InChI=1S/C7H4BrClF2IN/c8-4-1-3(6(10)11)7(12)13-5(4)2-9/h1,6H,2H2.